The number of carbonyl (C=O) groups is 2. The van der Waals surface area contributed by atoms with Crippen molar-refractivity contribution in [2.45, 2.75) is 30.0 Å². The maximum absolute atomic E-state index is 12.6. The van der Waals surface area contributed by atoms with Gasteiger partial charge in [0.05, 0.1) is 12.1 Å². The Morgan fingerprint density at radius 2 is 1.72 bits per heavy atom. The fourth-order valence-corrected chi connectivity index (χ4v) is 3.14. The van der Waals surface area contributed by atoms with Crippen molar-refractivity contribution in [1.29, 1.82) is 0 Å². The molecule has 4 nitrogen and oxygen atoms in total. The van der Waals surface area contributed by atoms with E-state index in [1.165, 1.54) is 24.3 Å². The molecule has 0 aliphatic carbocycles. The molecule has 25 heavy (non-hydrogen) atoms. The number of aryl methyl sites for hydroxylation is 1. The van der Waals surface area contributed by atoms with Gasteiger partial charge in [0.15, 0.2) is 0 Å². The monoisotopic (exact) mass is 362 g/mol. The number of hydrogen-bond acceptors (Lipinski definition) is 4. The number of anilines is 2. The van der Waals surface area contributed by atoms with Crippen molar-refractivity contribution < 1.29 is 18.4 Å². The van der Waals surface area contributed by atoms with Gasteiger partial charge in [0.1, 0.15) is 6.04 Å². The van der Waals surface area contributed by atoms with E-state index in [1.54, 1.807) is 0 Å². The van der Waals surface area contributed by atoms with E-state index in [0.717, 1.165) is 16.2 Å². The van der Waals surface area contributed by atoms with Gasteiger partial charge in [-0.25, -0.2) is 4.90 Å². The molecule has 0 radical (unpaired) electrons. The number of thioether (sulfide) groups is 1. The van der Waals surface area contributed by atoms with Crippen LogP contribution < -0.4 is 10.2 Å². The molecule has 130 valence electrons. The van der Waals surface area contributed by atoms with Crippen molar-refractivity contribution in [3.05, 3.63) is 54.1 Å². The molecule has 1 atom stereocenters. The second-order valence-electron chi connectivity index (χ2n) is 5.71. The van der Waals surface area contributed by atoms with E-state index in [0.29, 0.717) is 22.3 Å². The highest BCUT2D eigenvalue weighted by Crippen LogP contribution is 2.30. The minimum absolute atomic E-state index is 0.0558. The number of amides is 2. The van der Waals surface area contributed by atoms with Crippen LogP contribution in [0.2, 0.25) is 0 Å². The summed E-state index contributed by atoms with van der Waals surface area (Å²) in [6, 6.07) is 12.9. The number of benzene rings is 2. The van der Waals surface area contributed by atoms with Crippen LogP contribution in [-0.2, 0) is 9.59 Å². The van der Waals surface area contributed by atoms with Crippen LogP contribution in [0.25, 0.3) is 0 Å². The van der Waals surface area contributed by atoms with Gasteiger partial charge in [-0.2, -0.15) is 8.78 Å². The van der Waals surface area contributed by atoms with E-state index < -0.39 is 11.8 Å². The summed E-state index contributed by atoms with van der Waals surface area (Å²) in [5.74, 6) is -3.17. The Morgan fingerprint density at radius 1 is 1.08 bits per heavy atom. The summed E-state index contributed by atoms with van der Waals surface area (Å²) in [5.41, 5.74) is 2.26. The Hall–Kier alpha value is -2.41. The quantitative estimate of drug-likeness (QED) is 0.644. The molecule has 1 aliphatic heterocycles. The molecule has 1 N–H and O–H groups in total. The van der Waals surface area contributed by atoms with Gasteiger partial charge >= 0.3 is 0 Å². The summed E-state index contributed by atoms with van der Waals surface area (Å²) < 4.78 is 24.7. The molecule has 1 saturated heterocycles. The van der Waals surface area contributed by atoms with Crippen molar-refractivity contribution in [3.8, 4) is 0 Å². The summed E-state index contributed by atoms with van der Waals surface area (Å²) >= 11 is 0.421. The zero-order valence-corrected chi connectivity index (χ0v) is 14.2. The van der Waals surface area contributed by atoms with Gasteiger partial charge in [0, 0.05) is 10.6 Å². The van der Waals surface area contributed by atoms with Crippen molar-refractivity contribution >= 4 is 35.0 Å². The minimum Gasteiger partial charge on any atom is -0.373 e. The second kappa shape index (κ2) is 7.23. The predicted octanol–water partition coefficient (Wildman–Crippen LogP) is 4.05. The molecular formula is C18H16F2N2O2S. The summed E-state index contributed by atoms with van der Waals surface area (Å²) in [5, 5.41) is 3.07. The maximum atomic E-state index is 12.6. The van der Waals surface area contributed by atoms with Crippen LogP contribution in [0.4, 0.5) is 20.2 Å². The zero-order chi connectivity index (χ0) is 18.0. The Balaban J connectivity index is 1.73. The number of nitrogens with one attached hydrogen (secondary N) is 1. The zero-order valence-electron chi connectivity index (χ0n) is 13.4. The predicted molar refractivity (Wildman–Crippen MR) is 94.0 cm³/mol. The fourth-order valence-electron chi connectivity index (χ4n) is 2.64. The van der Waals surface area contributed by atoms with Crippen molar-refractivity contribution in [3.63, 3.8) is 0 Å². The van der Waals surface area contributed by atoms with Crippen LogP contribution in [-0.4, -0.2) is 23.6 Å². The first-order valence-electron chi connectivity index (χ1n) is 7.69. The van der Waals surface area contributed by atoms with Crippen LogP contribution in [0.15, 0.2) is 53.4 Å². The average Bonchev–Trinajstić information content (AvgIpc) is 2.84. The Labute approximate surface area is 148 Å². The van der Waals surface area contributed by atoms with Crippen molar-refractivity contribution in [1.82, 2.24) is 0 Å². The summed E-state index contributed by atoms with van der Waals surface area (Å²) in [6.07, 6.45) is 0.0558. The SMILES string of the molecule is Cc1ccc(N[C@@H]2CC(=O)N(c3ccc(SC(F)F)cc3)C2=O)cc1. The largest absolute Gasteiger partial charge is 0.373 e. The Morgan fingerprint density at radius 3 is 2.32 bits per heavy atom. The molecule has 0 saturated carbocycles. The molecular weight excluding hydrogens is 346 g/mol. The van der Waals surface area contributed by atoms with Crippen LogP contribution in [0.1, 0.15) is 12.0 Å². The van der Waals surface area contributed by atoms with E-state index in [2.05, 4.69) is 5.32 Å². The molecule has 0 aromatic heterocycles. The molecule has 2 aromatic rings. The highest BCUT2D eigenvalue weighted by Gasteiger charge is 2.39. The molecule has 7 heteroatoms. The van der Waals surface area contributed by atoms with Crippen LogP contribution >= 0.6 is 11.8 Å². The number of nitrogens with zero attached hydrogens (tertiary/aromatic N) is 1. The van der Waals surface area contributed by atoms with Gasteiger partial charge in [-0.1, -0.05) is 29.5 Å². The van der Waals surface area contributed by atoms with E-state index >= 15 is 0 Å². The normalized spacial score (nSPS) is 17.4. The third-order valence-electron chi connectivity index (χ3n) is 3.86. The molecule has 3 rings (SSSR count). The Kier molecular flexibility index (Phi) is 5.03. The molecule has 2 amide bonds. The third kappa shape index (κ3) is 3.99. The number of alkyl halides is 2. The van der Waals surface area contributed by atoms with Crippen LogP contribution in [0.5, 0.6) is 0 Å². The van der Waals surface area contributed by atoms with E-state index in [1.807, 2.05) is 31.2 Å². The number of halogens is 2. The Bertz CT molecular complexity index is 779. The smallest absolute Gasteiger partial charge is 0.288 e. The minimum atomic E-state index is -2.51. The van der Waals surface area contributed by atoms with Gasteiger partial charge in [-0.05, 0) is 43.3 Å². The standard InChI is InChI=1S/C18H16F2N2O2S/c1-11-2-4-12(5-3-11)21-15-10-16(23)22(17(15)24)13-6-8-14(9-7-13)25-18(19)20/h2-9,15,18,21H,10H2,1H3/t15-/m1/s1. The topological polar surface area (TPSA) is 49.4 Å². The van der Waals surface area contributed by atoms with Crippen LogP contribution in [0, 0.1) is 6.92 Å². The van der Waals surface area contributed by atoms with E-state index in [4.69, 9.17) is 0 Å². The summed E-state index contributed by atoms with van der Waals surface area (Å²) in [6.45, 7) is 1.96. The maximum Gasteiger partial charge on any atom is 0.288 e. The van der Waals surface area contributed by atoms with Crippen LogP contribution in [0.3, 0.4) is 0 Å². The lowest BCUT2D eigenvalue weighted by atomic mass is 10.2. The molecule has 0 spiro atoms. The lowest BCUT2D eigenvalue weighted by Gasteiger charge is -2.16. The molecule has 2 aromatic carbocycles. The van der Waals surface area contributed by atoms with E-state index in [9.17, 15) is 18.4 Å². The fraction of sp³-hybridized carbons (Fsp3) is 0.222. The van der Waals surface area contributed by atoms with Crippen molar-refractivity contribution in [2.75, 3.05) is 10.2 Å². The summed E-state index contributed by atoms with van der Waals surface area (Å²) in [4.78, 5) is 26.3. The first-order valence-corrected chi connectivity index (χ1v) is 8.57. The lowest BCUT2D eigenvalue weighted by molar-refractivity contribution is -0.121. The van der Waals surface area contributed by atoms with Gasteiger partial charge in [-0.3, -0.25) is 9.59 Å². The first-order chi connectivity index (χ1) is 11.9. The molecule has 0 unspecified atom stereocenters. The average molecular weight is 362 g/mol. The number of carbonyl (C=O) groups excluding carboxylic acids is 2. The van der Waals surface area contributed by atoms with Gasteiger partial charge in [0.25, 0.3) is 11.7 Å². The summed E-state index contributed by atoms with van der Waals surface area (Å²) in [7, 11) is 0. The van der Waals surface area contributed by atoms with Crippen molar-refractivity contribution in [2.24, 2.45) is 0 Å². The molecule has 1 aliphatic rings. The van der Waals surface area contributed by atoms with Gasteiger partial charge < -0.3 is 5.32 Å². The number of hydrogen-bond donors (Lipinski definition) is 1. The third-order valence-corrected chi connectivity index (χ3v) is 4.58. The van der Waals surface area contributed by atoms with Gasteiger partial charge in [0.2, 0.25) is 5.91 Å². The molecule has 1 heterocycles. The molecule has 0 bridgehead atoms. The first kappa shape index (κ1) is 17.4. The number of rotatable bonds is 5. The highest BCUT2D eigenvalue weighted by molar-refractivity contribution is 7.99. The second-order valence-corrected chi connectivity index (χ2v) is 6.77. The van der Waals surface area contributed by atoms with E-state index in [-0.39, 0.29) is 18.2 Å². The number of imide groups is 1. The highest BCUT2D eigenvalue weighted by atomic mass is 32.2. The van der Waals surface area contributed by atoms with Gasteiger partial charge in [-0.15, -0.1) is 0 Å². The molecule has 1 fully saturated rings. The lowest BCUT2D eigenvalue weighted by Crippen LogP contribution is -2.34.